The van der Waals surface area contributed by atoms with Gasteiger partial charge in [-0.2, -0.15) is 0 Å². The molecule has 5 heteroatoms. The van der Waals surface area contributed by atoms with Crippen molar-refractivity contribution in [2.75, 3.05) is 11.9 Å². The number of fused-ring (bicyclic) bond motifs is 1. The Kier molecular flexibility index (Phi) is 5.71. The van der Waals surface area contributed by atoms with Gasteiger partial charge in [-0.05, 0) is 49.2 Å². The second kappa shape index (κ2) is 8.36. The SMILES string of the molecule is CCOC(=O)/C=C/c1ccc(NC(=O)Cc2c(C)[nH]c3ccccc23)cc1. The Morgan fingerprint density at radius 2 is 1.85 bits per heavy atom. The van der Waals surface area contributed by atoms with Crippen molar-refractivity contribution in [2.45, 2.75) is 20.3 Å². The second-order valence-corrected chi connectivity index (χ2v) is 6.21. The third kappa shape index (κ3) is 4.64. The lowest BCUT2D eigenvalue weighted by molar-refractivity contribution is -0.137. The molecule has 0 unspecified atom stereocenters. The van der Waals surface area contributed by atoms with Crippen LogP contribution in [0.25, 0.3) is 17.0 Å². The zero-order valence-corrected chi connectivity index (χ0v) is 15.4. The lowest BCUT2D eigenvalue weighted by atomic mass is 10.1. The number of nitrogens with one attached hydrogen (secondary N) is 2. The molecule has 27 heavy (non-hydrogen) atoms. The van der Waals surface area contributed by atoms with Gasteiger partial charge in [0.15, 0.2) is 0 Å². The van der Waals surface area contributed by atoms with E-state index in [2.05, 4.69) is 10.3 Å². The molecule has 0 radical (unpaired) electrons. The number of carbonyl (C=O) groups excluding carboxylic acids is 2. The minimum atomic E-state index is -0.371. The van der Waals surface area contributed by atoms with E-state index in [0.29, 0.717) is 18.7 Å². The molecular weight excluding hydrogens is 340 g/mol. The van der Waals surface area contributed by atoms with Crippen molar-refractivity contribution in [3.05, 3.63) is 71.4 Å². The van der Waals surface area contributed by atoms with Crippen LogP contribution in [0.15, 0.2) is 54.6 Å². The number of H-pyrrole nitrogens is 1. The number of para-hydroxylation sites is 1. The summed E-state index contributed by atoms with van der Waals surface area (Å²) in [5.41, 5.74) is 4.62. The Labute approximate surface area is 158 Å². The first-order valence-corrected chi connectivity index (χ1v) is 8.87. The molecule has 0 aliphatic heterocycles. The number of anilines is 1. The van der Waals surface area contributed by atoms with Gasteiger partial charge in [0, 0.05) is 28.4 Å². The molecule has 0 bridgehead atoms. The highest BCUT2D eigenvalue weighted by atomic mass is 16.5. The molecule has 2 N–H and O–H groups in total. The third-order valence-corrected chi connectivity index (χ3v) is 4.26. The van der Waals surface area contributed by atoms with Gasteiger partial charge in [0.05, 0.1) is 13.0 Å². The molecule has 0 fully saturated rings. The van der Waals surface area contributed by atoms with Crippen molar-refractivity contribution in [2.24, 2.45) is 0 Å². The molecule has 2 aromatic carbocycles. The van der Waals surface area contributed by atoms with E-state index in [9.17, 15) is 9.59 Å². The summed E-state index contributed by atoms with van der Waals surface area (Å²) in [7, 11) is 0. The molecule has 5 nitrogen and oxygen atoms in total. The highest BCUT2D eigenvalue weighted by Crippen LogP contribution is 2.22. The third-order valence-electron chi connectivity index (χ3n) is 4.26. The fraction of sp³-hybridized carbons (Fsp3) is 0.182. The van der Waals surface area contributed by atoms with Crippen LogP contribution in [0, 0.1) is 6.92 Å². The number of aryl methyl sites for hydroxylation is 1. The van der Waals surface area contributed by atoms with Crippen molar-refractivity contribution in [1.29, 1.82) is 0 Å². The first kappa shape index (κ1) is 18.5. The highest BCUT2D eigenvalue weighted by molar-refractivity contribution is 5.96. The number of benzene rings is 2. The van der Waals surface area contributed by atoms with Gasteiger partial charge >= 0.3 is 5.97 Å². The van der Waals surface area contributed by atoms with Gasteiger partial charge in [-0.1, -0.05) is 30.3 Å². The van der Waals surface area contributed by atoms with Crippen LogP contribution >= 0.6 is 0 Å². The largest absolute Gasteiger partial charge is 0.463 e. The minimum Gasteiger partial charge on any atom is -0.463 e. The summed E-state index contributed by atoms with van der Waals surface area (Å²) in [6.07, 6.45) is 3.37. The molecule has 0 saturated heterocycles. The van der Waals surface area contributed by atoms with E-state index in [-0.39, 0.29) is 11.9 Å². The molecule has 0 aliphatic rings. The van der Waals surface area contributed by atoms with Gasteiger partial charge < -0.3 is 15.0 Å². The van der Waals surface area contributed by atoms with Crippen LogP contribution < -0.4 is 5.32 Å². The molecule has 138 valence electrons. The predicted octanol–water partition coefficient (Wildman–Crippen LogP) is 4.23. The number of esters is 1. The number of rotatable bonds is 6. The fourth-order valence-electron chi connectivity index (χ4n) is 2.96. The number of carbonyl (C=O) groups is 2. The van der Waals surface area contributed by atoms with Gasteiger partial charge in [0.2, 0.25) is 5.91 Å². The summed E-state index contributed by atoms with van der Waals surface area (Å²) in [4.78, 5) is 27.1. The number of amides is 1. The molecule has 1 amide bonds. The zero-order chi connectivity index (χ0) is 19.2. The molecule has 1 aromatic heterocycles. The zero-order valence-electron chi connectivity index (χ0n) is 15.4. The van der Waals surface area contributed by atoms with E-state index < -0.39 is 0 Å². The first-order chi connectivity index (χ1) is 13.1. The number of ether oxygens (including phenoxy) is 1. The van der Waals surface area contributed by atoms with Crippen molar-refractivity contribution >= 4 is 34.5 Å². The monoisotopic (exact) mass is 362 g/mol. The molecule has 0 saturated carbocycles. The lowest BCUT2D eigenvalue weighted by Gasteiger charge is -2.06. The van der Waals surface area contributed by atoms with E-state index in [1.165, 1.54) is 6.08 Å². The van der Waals surface area contributed by atoms with Crippen molar-refractivity contribution in [3.63, 3.8) is 0 Å². The number of hydrogen-bond acceptors (Lipinski definition) is 3. The van der Waals surface area contributed by atoms with Crippen molar-refractivity contribution < 1.29 is 14.3 Å². The number of hydrogen-bond donors (Lipinski definition) is 2. The summed E-state index contributed by atoms with van der Waals surface area (Å²) in [6.45, 7) is 4.10. The van der Waals surface area contributed by atoms with Crippen LogP contribution in [-0.4, -0.2) is 23.5 Å². The summed E-state index contributed by atoms with van der Waals surface area (Å²) in [6, 6.07) is 15.3. The molecule has 3 aromatic rings. The van der Waals surface area contributed by atoms with E-state index in [1.54, 1.807) is 13.0 Å². The average Bonchev–Trinajstić information content (AvgIpc) is 2.97. The van der Waals surface area contributed by atoms with E-state index in [1.807, 2.05) is 55.5 Å². The van der Waals surface area contributed by atoms with Crippen LogP contribution in [0.2, 0.25) is 0 Å². The molecule has 0 aliphatic carbocycles. The van der Waals surface area contributed by atoms with Crippen LogP contribution in [0.3, 0.4) is 0 Å². The van der Waals surface area contributed by atoms with Gasteiger partial charge in [0.25, 0.3) is 0 Å². The number of aromatic nitrogens is 1. The Balaban J connectivity index is 1.64. The first-order valence-electron chi connectivity index (χ1n) is 8.87. The Bertz CT molecular complexity index is 984. The number of aromatic amines is 1. The maximum atomic E-state index is 12.4. The fourth-order valence-corrected chi connectivity index (χ4v) is 2.96. The molecule has 3 rings (SSSR count). The smallest absolute Gasteiger partial charge is 0.330 e. The Morgan fingerprint density at radius 1 is 1.11 bits per heavy atom. The summed E-state index contributed by atoms with van der Waals surface area (Å²) < 4.78 is 4.84. The molecular formula is C22H22N2O3. The molecule has 0 atom stereocenters. The maximum absolute atomic E-state index is 12.4. The topological polar surface area (TPSA) is 71.2 Å². The second-order valence-electron chi connectivity index (χ2n) is 6.21. The molecule has 0 spiro atoms. The minimum absolute atomic E-state index is 0.0716. The van der Waals surface area contributed by atoms with Crippen LogP contribution in [0.5, 0.6) is 0 Å². The Hall–Kier alpha value is -3.34. The normalized spacial score (nSPS) is 11.0. The standard InChI is InChI=1S/C22H22N2O3/c1-3-27-22(26)13-10-16-8-11-17(12-9-16)24-21(25)14-19-15(2)23-20-7-5-4-6-18(19)20/h4-13,23H,3,14H2,1-2H3,(H,24,25)/b13-10+. The van der Waals surface area contributed by atoms with Gasteiger partial charge in [0.1, 0.15) is 0 Å². The predicted molar refractivity (Wildman–Crippen MR) is 107 cm³/mol. The molecule has 1 heterocycles. The summed E-state index contributed by atoms with van der Waals surface area (Å²) in [5, 5.41) is 3.99. The average molecular weight is 362 g/mol. The quantitative estimate of drug-likeness (QED) is 0.509. The van der Waals surface area contributed by atoms with Gasteiger partial charge in [-0.15, -0.1) is 0 Å². The Morgan fingerprint density at radius 3 is 2.59 bits per heavy atom. The summed E-state index contributed by atoms with van der Waals surface area (Å²) >= 11 is 0. The van der Waals surface area contributed by atoms with E-state index >= 15 is 0 Å². The lowest BCUT2D eigenvalue weighted by Crippen LogP contribution is -2.14. The van der Waals surface area contributed by atoms with E-state index in [4.69, 9.17) is 4.74 Å². The van der Waals surface area contributed by atoms with Gasteiger partial charge in [-0.25, -0.2) is 4.79 Å². The highest BCUT2D eigenvalue weighted by Gasteiger charge is 2.12. The van der Waals surface area contributed by atoms with E-state index in [0.717, 1.165) is 27.7 Å². The summed E-state index contributed by atoms with van der Waals surface area (Å²) in [5.74, 6) is -0.443. The van der Waals surface area contributed by atoms with Crippen LogP contribution in [0.1, 0.15) is 23.7 Å². The van der Waals surface area contributed by atoms with Crippen molar-refractivity contribution in [1.82, 2.24) is 4.98 Å². The van der Waals surface area contributed by atoms with Crippen molar-refractivity contribution in [3.8, 4) is 0 Å². The van der Waals surface area contributed by atoms with Crippen LogP contribution in [-0.2, 0) is 20.7 Å². The van der Waals surface area contributed by atoms with Gasteiger partial charge in [-0.3, -0.25) is 4.79 Å². The maximum Gasteiger partial charge on any atom is 0.330 e. The van der Waals surface area contributed by atoms with Crippen LogP contribution in [0.4, 0.5) is 5.69 Å².